The molecule has 2 N–H and O–H groups in total. The summed E-state index contributed by atoms with van der Waals surface area (Å²) >= 11 is 0. The summed E-state index contributed by atoms with van der Waals surface area (Å²) in [6, 6.07) is 17.5. The Morgan fingerprint density at radius 2 is 1.79 bits per heavy atom. The van der Waals surface area contributed by atoms with Crippen LogP contribution in [0.4, 0.5) is 13.6 Å². The van der Waals surface area contributed by atoms with Crippen LogP contribution in [0.3, 0.4) is 0 Å². The molecule has 3 aromatic carbocycles. The van der Waals surface area contributed by atoms with Crippen molar-refractivity contribution in [3.8, 4) is 0 Å². The van der Waals surface area contributed by atoms with Crippen LogP contribution in [0.15, 0.2) is 71.5 Å². The topological polar surface area (TPSA) is 84.1 Å². The molecule has 33 heavy (non-hydrogen) atoms. The van der Waals surface area contributed by atoms with Gasteiger partial charge in [-0.25, -0.2) is 18.6 Å². The molecule has 8 heteroatoms. The van der Waals surface area contributed by atoms with Crippen molar-refractivity contribution in [1.29, 1.82) is 0 Å². The van der Waals surface area contributed by atoms with Crippen LogP contribution in [-0.4, -0.2) is 22.6 Å². The fourth-order valence-corrected chi connectivity index (χ4v) is 3.58. The largest absolute Gasteiger partial charge is 0.445 e. The standard InChI is InChI=1S/C25H21F2N3O3/c1-15-7-12-20(27)22-21(15)24(31)30-23(29-22)19(17-8-10-18(26)11-9-17)13-28-25(32)33-14-16-5-3-2-4-6-16/h2-12,19H,13-14H2,1H3,(H,28,32)(H,29,30,31). The highest BCUT2D eigenvalue weighted by atomic mass is 19.1. The number of carbonyl (C=O) groups is 1. The molecular weight excluding hydrogens is 428 g/mol. The molecule has 0 aliphatic carbocycles. The number of aromatic nitrogens is 2. The first kappa shape index (κ1) is 22.1. The highest BCUT2D eigenvalue weighted by molar-refractivity contribution is 5.81. The molecule has 1 heterocycles. The maximum absolute atomic E-state index is 14.5. The number of nitrogens with zero attached hydrogens (tertiary/aromatic N) is 1. The van der Waals surface area contributed by atoms with Gasteiger partial charge in [0.25, 0.3) is 5.56 Å². The molecule has 0 aliphatic rings. The van der Waals surface area contributed by atoms with Gasteiger partial charge in [0.2, 0.25) is 0 Å². The lowest BCUT2D eigenvalue weighted by Crippen LogP contribution is -2.31. The van der Waals surface area contributed by atoms with Crippen molar-refractivity contribution in [2.75, 3.05) is 6.54 Å². The lowest BCUT2D eigenvalue weighted by Gasteiger charge is -2.18. The minimum Gasteiger partial charge on any atom is -0.445 e. The zero-order valence-electron chi connectivity index (χ0n) is 17.8. The highest BCUT2D eigenvalue weighted by Crippen LogP contribution is 2.24. The van der Waals surface area contributed by atoms with Crippen LogP contribution in [0.25, 0.3) is 10.9 Å². The number of alkyl carbamates (subject to hydrolysis) is 1. The molecule has 0 spiro atoms. The van der Waals surface area contributed by atoms with E-state index < -0.39 is 29.2 Å². The second-order valence-corrected chi connectivity index (χ2v) is 7.59. The molecule has 0 radical (unpaired) electrons. The van der Waals surface area contributed by atoms with E-state index in [0.29, 0.717) is 11.1 Å². The number of hydrogen-bond acceptors (Lipinski definition) is 4. The van der Waals surface area contributed by atoms with Crippen molar-refractivity contribution < 1.29 is 18.3 Å². The summed E-state index contributed by atoms with van der Waals surface area (Å²) in [6.07, 6.45) is -0.670. The molecule has 4 rings (SSSR count). The average molecular weight is 449 g/mol. The monoisotopic (exact) mass is 449 g/mol. The van der Waals surface area contributed by atoms with Gasteiger partial charge in [-0.3, -0.25) is 4.79 Å². The number of rotatable bonds is 6. The van der Waals surface area contributed by atoms with Crippen LogP contribution in [0, 0.1) is 18.6 Å². The predicted molar refractivity (Wildman–Crippen MR) is 120 cm³/mol. The van der Waals surface area contributed by atoms with Crippen molar-refractivity contribution in [2.24, 2.45) is 0 Å². The number of halogens is 2. The first-order valence-electron chi connectivity index (χ1n) is 10.3. The molecule has 0 saturated carbocycles. The van der Waals surface area contributed by atoms with E-state index in [0.717, 1.165) is 5.56 Å². The number of amides is 1. The Balaban J connectivity index is 1.62. The fraction of sp³-hybridized carbons (Fsp3) is 0.160. The van der Waals surface area contributed by atoms with E-state index in [1.807, 2.05) is 30.3 Å². The number of benzene rings is 3. The zero-order valence-corrected chi connectivity index (χ0v) is 17.8. The molecule has 0 bridgehead atoms. The van der Waals surface area contributed by atoms with Crippen LogP contribution in [-0.2, 0) is 11.3 Å². The quantitative estimate of drug-likeness (QED) is 0.452. The molecule has 1 aromatic heterocycles. The van der Waals surface area contributed by atoms with E-state index in [1.54, 1.807) is 6.92 Å². The van der Waals surface area contributed by atoms with Crippen molar-refractivity contribution in [1.82, 2.24) is 15.3 Å². The molecule has 0 saturated heterocycles. The average Bonchev–Trinajstić information content (AvgIpc) is 2.82. The van der Waals surface area contributed by atoms with Crippen molar-refractivity contribution in [3.05, 3.63) is 111 Å². The number of fused-ring (bicyclic) bond motifs is 1. The van der Waals surface area contributed by atoms with Crippen LogP contribution >= 0.6 is 0 Å². The van der Waals surface area contributed by atoms with E-state index >= 15 is 0 Å². The summed E-state index contributed by atoms with van der Waals surface area (Å²) in [5.41, 5.74) is 1.44. The summed E-state index contributed by atoms with van der Waals surface area (Å²) in [5.74, 6) is -1.59. The smallest absolute Gasteiger partial charge is 0.407 e. The molecule has 1 atom stereocenters. The highest BCUT2D eigenvalue weighted by Gasteiger charge is 2.21. The maximum Gasteiger partial charge on any atom is 0.407 e. The van der Waals surface area contributed by atoms with Gasteiger partial charge in [0.15, 0.2) is 0 Å². The van der Waals surface area contributed by atoms with Gasteiger partial charge in [0.05, 0.1) is 11.3 Å². The fourth-order valence-electron chi connectivity index (χ4n) is 3.58. The summed E-state index contributed by atoms with van der Waals surface area (Å²) in [5, 5.41) is 2.81. The van der Waals surface area contributed by atoms with E-state index in [1.165, 1.54) is 36.4 Å². The molecule has 0 aliphatic heterocycles. The molecule has 1 unspecified atom stereocenters. The van der Waals surface area contributed by atoms with Crippen LogP contribution in [0.5, 0.6) is 0 Å². The van der Waals surface area contributed by atoms with E-state index in [9.17, 15) is 18.4 Å². The Hall–Kier alpha value is -4.07. The molecule has 0 fully saturated rings. The van der Waals surface area contributed by atoms with Crippen LogP contribution in [0.1, 0.15) is 28.4 Å². The Bertz CT molecular complexity index is 1340. The lowest BCUT2D eigenvalue weighted by molar-refractivity contribution is 0.139. The maximum atomic E-state index is 14.5. The zero-order chi connectivity index (χ0) is 23.4. The van der Waals surface area contributed by atoms with E-state index in [2.05, 4.69) is 15.3 Å². The number of hydrogen-bond donors (Lipinski definition) is 2. The molecule has 1 amide bonds. The third-order valence-electron chi connectivity index (χ3n) is 5.30. The van der Waals surface area contributed by atoms with Gasteiger partial charge in [0, 0.05) is 6.54 Å². The Morgan fingerprint density at radius 1 is 1.06 bits per heavy atom. The third-order valence-corrected chi connectivity index (χ3v) is 5.30. The van der Waals surface area contributed by atoms with Gasteiger partial charge in [0.1, 0.15) is 29.6 Å². The van der Waals surface area contributed by atoms with Crippen LogP contribution in [0.2, 0.25) is 0 Å². The minimum atomic E-state index is -0.674. The summed E-state index contributed by atoms with van der Waals surface area (Å²) < 4.78 is 33.2. The summed E-state index contributed by atoms with van der Waals surface area (Å²) in [7, 11) is 0. The third kappa shape index (κ3) is 5.06. The first-order chi connectivity index (χ1) is 15.9. The second-order valence-electron chi connectivity index (χ2n) is 7.59. The number of ether oxygens (including phenoxy) is 1. The number of nitrogens with one attached hydrogen (secondary N) is 2. The van der Waals surface area contributed by atoms with E-state index in [-0.39, 0.29) is 29.9 Å². The Labute approximate surface area is 188 Å². The molecular formula is C25H21F2N3O3. The number of carbonyl (C=O) groups excluding carboxylic acids is 1. The first-order valence-corrected chi connectivity index (χ1v) is 10.3. The summed E-state index contributed by atoms with van der Waals surface area (Å²) in [6.45, 7) is 1.77. The van der Waals surface area contributed by atoms with Crippen LogP contribution < -0.4 is 10.9 Å². The number of aryl methyl sites for hydroxylation is 1. The van der Waals surface area contributed by atoms with Gasteiger partial charge >= 0.3 is 6.09 Å². The predicted octanol–water partition coefficient (Wildman–Crippen LogP) is 4.57. The normalized spacial score (nSPS) is 11.8. The molecule has 4 aromatic rings. The number of aromatic amines is 1. The molecule has 168 valence electrons. The molecule has 6 nitrogen and oxygen atoms in total. The van der Waals surface area contributed by atoms with Crippen molar-refractivity contribution >= 4 is 17.0 Å². The van der Waals surface area contributed by atoms with Gasteiger partial charge in [-0.1, -0.05) is 48.5 Å². The van der Waals surface area contributed by atoms with Gasteiger partial charge < -0.3 is 15.0 Å². The Morgan fingerprint density at radius 3 is 2.52 bits per heavy atom. The lowest BCUT2D eigenvalue weighted by atomic mass is 9.97. The van der Waals surface area contributed by atoms with Gasteiger partial charge in [-0.2, -0.15) is 0 Å². The van der Waals surface area contributed by atoms with Gasteiger partial charge in [-0.05, 0) is 41.8 Å². The second kappa shape index (κ2) is 9.60. The SMILES string of the molecule is Cc1ccc(F)c2nc(C(CNC(=O)OCc3ccccc3)c3ccc(F)cc3)[nH]c(=O)c12. The number of H-pyrrole nitrogens is 1. The van der Waals surface area contributed by atoms with Crippen molar-refractivity contribution in [3.63, 3.8) is 0 Å². The Kier molecular flexibility index (Phi) is 6.44. The summed E-state index contributed by atoms with van der Waals surface area (Å²) in [4.78, 5) is 32.0. The van der Waals surface area contributed by atoms with Crippen molar-refractivity contribution in [2.45, 2.75) is 19.4 Å². The van der Waals surface area contributed by atoms with Gasteiger partial charge in [-0.15, -0.1) is 0 Å². The minimum absolute atomic E-state index is 0.0128. The van der Waals surface area contributed by atoms with E-state index in [4.69, 9.17) is 4.74 Å².